The molecule has 0 saturated heterocycles. The normalized spacial score (nSPS) is 12.9. The number of rotatable bonds is 76. The van der Waals surface area contributed by atoms with E-state index in [1.165, 1.54) is 372 Å². The number of phosphoric ester groups is 1. The second kappa shape index (κ2) is 70.3. The summed E-state index contributed by atoms with van der Waals surface area (Å²) in [5, 5.41) is 0. The van der Waals surface area contributed by atoms with Gasteiger partial charge in [0.15, 0.2) is 6.10 Å². The summed E-state index contributed by atoms with van der Waals surface area (Å²) in [7, 11) is 1.20. The number of hydrogen-bond acceptors (Lipinski definition) is 8. The monoisotopic (exact) mass is 1270 g/mol. The lowest BCUT2D eigenvalue weighted by molar-refractivity contribution is -0.870. The molecule has 0 amide bonds. The number of quaternary nitrogens is 1. The van der Waals surface area contributed by atoms with Gasteiger partial charge < -0.3 is 27.9 Å². The fourth-order valence-corrected chi connectivity index (χ4v) is 13.3. The minimum absolute atomic E-state index is 0.0246. The Labute approximate surface area is 550 Å². The van der Waals surface area contributed by atoms with Crippen molar-refractivity contribution >= 4 is 19.8 Å². The average molecular weight is 1270 g/mol. The highest BCUT2D eigenvalue weighted by molar-refractivity contribution is 7.45. The Morgan fingerprint density at radius 3 is 0.727 bits per heavy atom. The summed E-state index contributed by atoms with van der Waals surface area (Å²) in [6.07, 6.45) is 86.6. The maximum atomic E-state index is 12.9. The molecule has 0 rings (SSSR count). The van der Waals surface area contributed by atoms with Crippen LogP contribution in [0.2, 0.25) is 0 Å². The van der Waals surface area contributed by atoms with E-state index in [-0.39, 0.29) is 32.0 Å². The van der Waals surface area contributed by atoms with Crippen molar-refractivity contribution in [1.82, 2.24) is 0 Å². The Bertz CT molecular complexity index is 1440. The highest BCUT2D eigenvalue weighted by Gasteiger charge is 2.22. The van der Waals surface area contributed by atoms with Crippen LogP contribution in [0.4, 0.5) is 0 Å². The van der Waals surface area contributed by atoms with Crippen molar-refractivity contribution in [2.45, 2.75) is 444 Å². The zero-order valence-electron chi connectivity index (χ0n) is 60.2. The molecule has 88 heavy (non-hydrogen) atoms. The number of nitrogens with zero attached hydrogens (tertiary/aromatic N) is 1. The number of likely N-dealkylation sites (N-methyl/N-ethyl adjacent to an activating group) is 1. The summed E-state index contributed by atoms with van der Waals surface area (Å²) >= 11 is 0. The van der Waals surface area contributed by atoms with Crippen molar-refractivity contribution in [1.29, 1.82) is 0 Å². The molecule has 526 valence electrons. The Hall–Kier alpha value is -0.990. The lowest BCUT2D eigenvalue weighted by Crippen LogP contribution is -2.37. The summed E-state index contributed by atoms with van der Waals surface area (Å²) in [6.45, 7) is 4.35. The van der Waals surface area contributed by atoms with Crippen LogP contribution >= 0.6 is 7.82 Å². The zero-order chi connectivity index (χ0) is 64.1. The van der Waals surface area contributed by atoms with E-state index in [1.54, 1.807) is 0 Å². The van der Waals surface area contributed by atoms with E-state index in [2.05, 4.69) is 13.8 Å². The fourth-order valence-electron chi connectivity index (χ4n) is 12.5. The van der Waals surface area contributed by atoms with Crippen molar-refractivity contribution in [2.75, 3.05) is 47.5 Å². The van der Waals surface area contributed by atoms with Crippen LogP contribution in [0.15, 0.2) is 0 Å². The molecule has 9 nitrogen and oxygen atoms in total. The molecule has 0 radical (unpaired) electrons. The summed E-state index contributed by atoms with van der Waals surface area (Å²) in [5.74, 6) is -0.800. The molecule has 0 aliphatic carbocycles. The van der Waals surface area contributed by atoms with E-state index in [0.717, 1.165) is 32.1 Å². The topological polar surface area (TPSA) is 111 Å². The molecule has 0 aromatic heterocycles. The number of esters is 2. The molecule has 0 aromatic rings. The molecular formula is C78H156NO8P. The Morgan fingerprint density at radius 2 is 0.511 bits per heavy atom. The van der Waals surface area contributed by atoms with Crippen molar-refractivity contribution in [3.63, 3.8) is 0 Å². The van der Waals surface area contributed by atoms with Gasteiger partial charge in [-0.3, -0.25) is 14.2 Å². The highest BCUT2D eigenvalue weighted by Crippen LogP contribution is 2.38. The first-order chi connectivity index (χ1) is 43.0. The third-order valence-corrected chi connectivity index (χ3v) is 19.6. The van der Waals surface area contributed by atoms with Crippen LogP contribution in [-0.4, -0.2) is 70.0 Å². The van der Waals surface area contributed by atoms with Gasteiger partial charge in [0.2, 0.25) is 0 Å². The van der Waals surface area contributed by atoms with Crippen molar-refractivity contribution in [3.05, 3.63) is 0 Å². The third-order valence-electron chi connectivity index (χ3n) is 18.6. The Balaban J connectivity index is 3.89. The van der Waals surface area contributed by atoms with E-state index >= 15 is 0 Å². The zero-order valence-corrected chi connectivity index (χ0v) is 61.1. The molecule has 0 N–H and O–H groups in total. The first-order valence-electron chi connectivity index (χ1n) is 39.7. The second-order valence-corrected chi connectivity index (χ2v) is 30.2. The van der Waals surface area contributed by atoms with E-state index < -0.39 is 26.5 Å². The van der Waals surface area contributed by atoms with Gasteiger partial charge in [0.1, 0.15) is 19.8 Å². The van der Waals surface area contributed by atoms with Crippen LogP contribution in [0, 0.1) is 0 Å². The summed E-state index contributed by atoms with van der Waals surface area (Å²) in [4.78, 5) is 38.2. The predicted octanol–water partition coefficient (Wildman–Crippen LogP) is 25.4. The number of hydrogen-bond donors (Lipinski definition) is 0. The maximum absolute atomic E-state index is 12.9. The minimum Gasteiger partial charge on any atom is -0.756 e. The van der Waals surface area contributed by atoms with E-state index in [4.69, 9.17) is 18.5 Å². The van der Waals surface area contributed by atoms with E-state index in [9.17, 15) is 19.0 Å². The molecule has 2 unspecified atom stereocenters. The molecule has 0 aromatic carbocycles. The average Bonchev–Trinajstić information content (AvgIpc) is 3.56. The number of carbonyl (C=O) groups is 2. The summed E-state index contributed by atoms with van der Waals surface area (Å²) in [5.41, 5.74) is 0. The van der Waals surface area contributed by atoms with Gasteiger partial charge in [0.05, 0.1) is 27.7 Å². The summed E-state index contributed by atoms with van der Waals surface area (Å²) in [6, 6.07) is 0. The molecule has 10 heteroatoms. The van der Waals surface area contributed by atoms with Crippen LogP contribution in [0.5, 0.6) is 0 Å². The number of phosphoric acid groups is 1. The molecule has 0 aliphatic rings. The Morgan fingerprint density at radius 1 is 0.307 bits per heavy atom. The second-order valence-electron chi connectivity index (χ2n) is 28.8. The molecular weight excluding hydrogens is 1110 g/mol. The van der Waals surface area contributed by atoms with Gasteiger partial charge in [-0.15, -0.1) is 0 Å². The van der Waals surface area contributed by atoms with Gasteiger partial charge in [0.25, 0.3) is 7.82 Å². The fraction of sp³-hybridized carbons (Fsp3) is 0.974. The van der Waals surface area contributed by atoms with Crippen LogP contribution in [0.25, 0.3) is 0 Å². The van der Waals surface area contributed by atoms with E-state index in [0.29, 0.717) is 17.4 Å². The first-order valence-corrected chi connectivity index (χ1v) is 41.2. The van der Waals surface area contributed by atoms with Crippen LogP contribution in [-0.2, 0) is 32.7 Å². The van der Waals surface area contributed by atoms with Crippen LogP contribution in [0.3, 0.4) is 0 Å². The summed E-state index contributed by atoms with van der Waals surface area (Å²) < 4.78 is 34.4. The lowest BCUT2D eigenvalue weighted by Gasteiger charge is -2.28. The van der Waals surface area contributed by atoms with Crippen molar-refractivity contribution in [3.8, 4) is 0 Å². The molecule has 0 aliphatic heterocycles. The third kappa shape index (κ3) is 74.1. The molecule has 0 bridgehead atoms. The lowest BCUT2D eigenvalue weighted by atomic mass is 10.0. The van der Waals surface area contributed by atoms with Gasteiger partial charge in [-0.05, 0) is 12.8 Å². The SMILES string of the molecule is CCCCCCCCCCCCCCCCCCCCCCCCCCCCCCCCCCCC(=O)OC(COC(=O)CCCCCCCCCCCCCCCCCCCCCCCCCCCCCCCCC)COP(=O)([O-])OCC[N+](C)(C)C. The molecule has 0 heterocycles. The molecule has 0 fully saturated rings. The number of ether oxygens (including phenoxy) is 2. The first kappa shape index (κ1) is 87.0. The van der Waals surface area contributed by atoms with Gasteiger partial charge in [-0.2, -0.15) is 0 Å². The van der Waals surface area contributed by atoms with Gasteiger partial charge in [-0.1, -0.05) is 412 Å². The van der Waals surface area contributed by atoms with Crippen molar-refractivity contribution in [2.24, 2.45) is 0 Å². The Kier molecular flexibility index (Phi) is 69.5. The minimum atomic E-state index is -4.64. The van der Waals surface area contributed by atoms with Crippen molar-refractivity contribution < 1.29 is 42.1 Å². The van der Waals surface area contributed by atoms with Crippen LogP contribution < -0.4 is 4.89 Å². The smallest absolute Gasteiger partial charge is 0.306 e. The van der Waals surface area contributed by atoms with E-state index in [1.807, 2.05) is 21.1 Å². The highest BCUT2D eigenvalue weighted by atomic mass is 31.2. The largest absolute Gasteiger partial charge is 0.756 e. The van der Waals surface area contributed by atoms with Gasteiger partial charge in [0, 0.05) is 12.8 Å². The maximum Gasteiger partial charge on any atom is 0.306 e. The van der Waals surface area contributed by atoms with Gasteiger partial charge in [-0.25, -0.2) is 0 Å². The number of unbranched alkanes of at least 4 members (excludes halogenated alkanes) is 62. The van der Waals surface area contributed by atoms with Crippen LogP contribution in [0.1, 0.15) is 438 Å². The molecule has 0 spiro atoms. The predicted molar refractivity (Wildman–Crippen MR) is 379 cm³/mol. The van der Waals surface area contributed by atoms with Gasteiger partial charge >= 0.3 is 11.9 Å². The quantitative estimate of drug-likeness (QED) is 0.0256. The molecule has 0 saturated carbocycles. The number of carbonyl (C=O) groups excluding carboxylic acids is 2. The molecule has 2 atom stereocenters. The standard InChI is InChI=1S/C78H156NO8P/c1-6-8-10-12-14-16-18-20-22-24-26-28-30-32-34-36-38-39-41-43-45-47-49-51-53-55-57-59-61-63-65-67-69-71-78(81)87-76(75-86-88(82,83)85-73-72-79(3,4)5)74-84-77(80)70-68-66-64-62-60-58-56-54-52-50-48-46-44-42-40-37-35-33-31-29-27-25-23-21-19-17-15-13-11-9-7-2/h76H,6-75H2,1-5H3.